The van der Waals surface area contributed by atoms with Crippen molar-refractivity contribution in [3.05, 3.63) is 344 Å². The second-order valence-electron chi connectivity index (χ2n) is 25.0. The largest absolute Gasteiger partial charge is 0.569 e. The average Bonchev–Trinajstić information content (AvgIpc) is 1.55. The first-order valence-electron chi connectivity index (χ1n) is 34.0. The van der Waals surface area contributed by atoms with Gasteiger partial charge in [0.15, 0.2) is 34.9 Å². The molecule has 20 rings (SSSR count). The van der Waals surface area contributed by atoms with Crippen LogP contribution in [0.4, 0.5) is 0 Å². The predicted octanol–water partition coefficient (Wildman–Crippen LogP) is 22.8. The van der Waals surface area contributed by atoms with Gasteiger partial charge in [-0.05, 0) is 120 Å². The van der Waals surface area contributed by atoms with Crippen molar-refractivity contribution in [3.8, 4) is 96.6 Å². The van der Waals surface area contributed by atoms with Crippen molar-refractivity contribution in [2.75, 3.05) is 0 Å². The molecule has 6 heterocycles. The van der Waals surface area contributed by atoms with E-state index in [0.717, 1.165) is 126 Å². The molecular formula is C90H57BBrN8O4. The molecular weight excluding hydrogens is 1350 g/mol. The summed E-state index contributed by atoms with van der Waals surface area (Å²) in [6, 6.07) is 115. The van der Waals surface area contributed by atoms with Gasteiger partial charge in [-0.15, -0.1) is 0 Å². The molecule has 0 aliphatic rings. The summed E-state index contributed by atoms with van der Waals surface area (Å²) in [5.41, 5.74) is 18.0. The second-order valence-corrected chi connectivity index (χ2v) is 25.9. The third-order valence-electron chi connectivity index (χ3n) is 18.7. The van der Waals surface area contributed by atoms with Crippen LogP contribution in [0, 0.1) is 0 Å². The SMILES string of the molecule is Brc1ccc2oc3cccc(-c4nc(-c5ccccc5)nc(-c5ccccc5)n4)c3c2c1.O[B]Oc1ccc2c(c1)c1ccccc1n2-c1ccccc1.c1ccc(-c2nc(-c3ccccc3)nc(-c3cccc4oc5ccc(-c6ccc7c(c6)c6ccccc6n7-c6ccccc6)cc5c34)n2)cc1. The number of benzene rings is 14. The van der Waals surface area contributed by atoms with E-state index < -0.39 is 0 Å². The van der Waals surface area contributed by atoms with Crippen LogP contribution in [0.1, 0.15) is 0 Å². The van der Waals surface area contributed by atoms with Crippen LogP contribution in [0.3, 0.4) is 0 Å². The fourth-order valence-electron chi connectivity index (χ4n) is 14.0. The molecule has 12 nitrogen and oxygen atoms in total. The van der Waals surface area contributed by atoms with Gasteiger partial charge < -0.3 is 27.6 Å². The highest BCUT2D eigenvalue weighted by atomic mass is 79.9. The first-order valence-corrected chi connectivity index (χ1v) is 34.8. The quantitative estimate of drug-likeness (QED) is 0.124. The van der Waals surface area contributed by atoms with Gasteiger partial charge in [-0.1, -0.05) is 246 Å². The molecule has 0 saturated heterocycles. The first-order chi connectivity index (χ1) is 51.4. The normalized spacial score (nSPS) is 11.4. The standard InChI is InChI=1S/C45H28N4O.C27H16BrN3O.C18H13BNO2/c1-4-13-29(14-5-1)43-46-44(30-15-6-2-7-16-30)48-45(47-43)35-20-12-22-41-42(35)37-28-32(24-26-40(37)50-41)31-23-25-39-36(27-31)34-19-10-11-21-38(34)49(39)33-17-8-3-9-18-33;28-19-14-15-22-21(16-19)24-20(12-7-13-23(24)32-22)27-30-25(17-8-3-1-4-9-17)29-26(31-27)18-10-5-2-6-11-18;21-19-22-14-10-11-18-16(12-14)15-8-4-5-9-17(15)20(18)13-6-2-1-3-7-13/h1-28H;1-16H;1-12,21H. The summed E-state index contributed by atoms with van der Waals surface area (Å²) < 4.78 is 23.2. The van der Waals surface area contributed by atoms with Gasteiger partial charge >= 0.3 is 7.69 Å². The number of halogens is 1. The first kappa shape index (κ1) is 62.8. The highest BCUT2D eigenvalue weighted by Crippen LogP contribution is 2.43. The summed E-state index contributed by atoms with van der Waals surface area (Å²) in [6.07, 6.45) is 0. The van der Waals surface area contributed by atoms with Crippen LogP contribution in [0.25, 0.3) is 178 Å². The maximum atomic E-state index is 8.84. The van der Waals surface area contributed by atoms with E-state index in [0.29, 0.717) is 48.4 Å². The maximum Gasteiger partial charge on any atom is 0.569 e. The van der Waals surface area contributed by atoms with Crippen molar-refractivity contribution in [1.82, 2.24) is 39.0 Å². The zero-order valence-electron chi connectivity index (χ0n) is 55.5. The molecule has 1 N–H and O–H groups in total. The molecule has 0 amide bonds. The third-order valence-corrected chi connectivity index (χ3v) is 19.2. The van der Waals surface area contributed by atoms with E-state index in [2.05, 4.69) is 152 Å². The lowest BCUT2D eigenvalue weighted by atomic mass is 9.99. The van der Waals surface area contributed by atoms with Crippen LogP contribution in [-0.2, 0) is 0 Å². The van der Waals surface area contributed by atoms with Crippen LogP contribution in [-0.4, -0.2) is 51.7 Å². The Morgan fingerprint density at radius 2 is 0.635 bits per heavy atom. The van der Waals surface area contributed by atoms with Gasteiger partial charge in [0, 0.05) is 92.3 Å². The molecule has 0 unspecified atom stereocenters. The van der Waals surface area contributed by atoms with E-state index in [-0.39, 0.29) is 0 Å². The predicted molar refractivity (Wildman–Crippen MR) is 424 cm³/mol. The summed E-state index contributed by atoms with van der Waals surface area (Å²) in [5, 5.41) is 17.5. The van der Waals surface area contributed by atoms with E-state index in [4.69, 9.17) is 48.4 Å². The second kappa shape index (κ2) is 27.3. The number of fused-ring (bicyclic) bond motifs is 12. The number of nitrogens with zero attached hydrogens (tertiary/aromatic N) is 8. The molecule has 104 heavy (non-hydrogen) atoms. The summed E-state index contributed by atoms with van der Waals surface area (Å²) in [5.74, 6) is 4.37. The number of hydrogen-bond acceptors (Lipinski definition) is 10. The minimum absolute atomic E-state index is 0.603. The molecule has 0 atom stereocenters. The zero-order chi connectivity index (χ0) is 69.5. The molecule has 0 saturated carbocycles. The number of rotatable bonds is 11. The van der Waals surface area contributed by atoms with Crippen LogP contribution < -0.4 is 4.65 Å². The Hall–Kier alpha value is -13.4. The molecule has 6 aromatic heterocycles. The van der Waals surface area contributed by atoms with E-state index in [9.17, 15) is 0 Å². The van der Waals surface area contributed by atoms with E-state index in [1.165, 1.54) is 21.8 Å². The van der Waals surface area contributed by atoms with Gasteiger partial charge in [0.1, 0.15) is 28.1 Å². The topological polar surface area (TPSA) is 143 Å². The van der Waals surface area contributed by atoms with E-state index in [1.54, 1.807) is 0 Å². The van der Waals surface area contributed by atoms with Gasteiger partial charge in [-0.25, -0.2) is 29.9 Å². The van der Waals surface area contributed by atoms with Crippen molar-refractivity contribution in [1.29, 1.82) is 0 Å². The smallest absolute Gasteiger partial charge is 0.537 e. The fraction of sp³-hybridized carbons (Fsp3) is 0. The highest BCUT2D eigenvalue weighted by Gasteiger charge is 2.22. The molecule has 491 valence electrons. The molecule has 1 radical (unpaired) electrons. The Balaban J connectivity index is 0.000000122. The highest BCUT2D eigenvalue weighted by molar-refractivity contribution is 9.10. The third kappa shape index (κ3) is 11.8. The van der Waals surface area contributed by atoms with Crippen molar-refractivity contribution in [2.24, 2.45) is 0 Å². The summed E-state index contributed by atoms with van der Waals surface area (Å²) in [6.45, 7) is 0. The van der Waals surface area contributed by atoms with E-state index >= 15 is 0 Å². The lowest BCUT2D eigenvalue weighted by Crippen LogP contribution is -2.00. The van der Waals surface area contributed by atoms with E-state index in [1.807, 2.05) is 212 Å². The van der Waals surface area contributed by atoms with Gasteiger partial charge in [0.05, 0.1) is 22.1 Å². The Kier molecular flexibility index (Phi) is 16.5. The van der Waals surface area contributed by atoms with Crippen LogP contribution in [0.15, 0.2) is 353 Å². The Labute approximate surface area is 605 Å². The summed E-state index contributed by atoms with van der Waals surface area (Å²) in [4.78, 5) is 29.5. The summed E-state index contributed by atoms with van der Waals surface area (Å²) in [7, 11) is 0.706. The molecule has 0 aliphatic heterocycles. The molecule has 14 aromatic carbocycles. The number of hydrogen-bond donors (Lipinski definition) is 1. The molecule has 14 heteroatoms. The number of aromatic nitrogens is 8. The van der Waals surface area contributed by atoms with Crippen molar-refractivity contribution >= 4 is 111 Å². The van der Waals surface area contributed by atoms with Crippen molar-refractivity contribution in [3.63, 3.8) is 0 Å². The number of furan rings is 2. The number of para-hydroxylation sites is 4. The fourth-order valence-corrected chi connectivity index (χ4v) is 14.3. The molecule has 0 bridgehead atoms. The van der Waals surface area contributed by atoms with Crippen LogP contribution in [0.2, 0.25) is 0 Å². The van der Waals surface area contributed by atoms with Crippen molar-refractivity contribution < 1.29 is 18.5 Å². The van der Waals surface area contributed by atoms with Gasteiger partial charge in [0.25, 0.3) is 0 Å². The average molecular weight is 1410 g/mol. The molecule has 20 aromatic rings. The monoisotopic (exact) mass is 1400 g/mol. The van der Waals surface area contributed by atoms with Gasteiger partial charge in [0.2, 0.25) is 0 Å². The summed E-state index contributed by atoms with van der Waals surface area (Å²) >= 11 is 3.59. The lowest BCUT2D eigenvalue weighted by molar-refractivity contribution is 0.454. The minimum atomic E-state index is 0.603. The molecule has 0 fully saturated rings. The molecule has 0 aliphatic carbocycles. The van der Waals surface area contributed by atoms with Gasteiger partial charge in [-0.2, -0.15) is 0 Å². The Morgan fingerprint density at radius 3 is 1.09 bits per heavy atom. The lowest BCUT2D eigenvalue weighted by Gasteiger charge is -2.09. The minimum Gasteiger partial charge on any atom is -0.537 e. The van der Waals surface area contributed by atoms with Crippen molar-refractivity contribution in [2.45, 2.75) is 0 Å². The Morgan fingerprint density at radius 1 is 0.279 bits per heavy atom. The van der Waals surface area contributed by atoms with Crippen LogP contribution in [0.5, 0.6) is 5.75 Å². The zero-order valence-corrected chi connectivity index (χ0v) is 57.1. The Bertz CT molecular complexity index is 6460. The van der Waals surface area contributed by atoms with Gasteiger partial charge in [-0.3, -0.25) is 0 Å². The molecule has 0 spiro atoms. The van der Waals surface area contributed by atoms with Crippen LogP contribution >= 0.6 is 15.9 Å². The maximum absolute atomic E-state index is 8.84.